The fourth-order valence-electron chi connectivity index (χ4n) is 1.28. The number of alkyl halides is 3. The molecule has 0 saturated carbocycles. The van der Waals surface area contributed by atoms with Gasteiger partial charge in [-0.15, -0.1) is 0 Å². The first-order valence-corrected chi connectivity index (χ1v) is 4.78. The van der Waals surface area contributed by atoms with Gasteiger partial charge in [0.05, 0.1) is 12.7 Å². The Morgan fingerprint density at radius 3 is 2.53 bits per heavy atom. The zero-order chi connectivity index (χ0) is 13.1. The minimum absolute atomic E-state index is 0.146. The standard InChI is InChI=1S/C12H11F3O2/c1-8-3-4-9(5-6-11(16)17-2)7-10(8)12(13,14)15/h3-7H,1-2H3. The van der Waals surface area contributed by atoms with Gasteiger partial charge in [-0.2, -0.15) is 13.2 Å². The first kappa shape index (κ1) is 13.3. The van der Waals surface area contributed by atoms with Gasteiger partial charge in [-0.05, 0) is 30.2 Å². The number of rotatable bonds is 2. The summed E-state index contributed by atoms with van der Waals surface area (Å²) in [6, 6.07) is 3.86. The molecule has 0 saturated heterocycles. The molecule has 1 aromatic carbocycles. The molecule has 17 heavy (non-hydrogen) atoms. The smallest absolute Gasteiger partial charge is 0.416 e. The Morgan fingerprint density at radius 1 is 1.35 bits per heavy atom. The Labute approximate surface area is 96.7 Å². The summed E-state index contributed by atoms with van der Waals surface area (Å²) in [5.74, 6) is -0.612. The highest BCUT2D eigenvalue weighted by Gasteiger charge is 2.32. The highest BCUT2D eigenvalue weighted by molar-refractivity contribution is 5.86. The number of carbonyl (C=O) groups is 1. The number of ether oxygens (including phenoxy) is 1. The molecule has 0 unspecified atom stereocenters. The van der Waals surface area contributed by atoms with Gasteiger partial charge in [-0.3, -0.25) is 0 Å². The molecule has 0 amide bonds. The van der Waals surface area contributed by atoms with Crippen molar-refractivity contribution >= 4 is 12.0 Å². The first-order chi connectivity index (χ1) is 7.84. The van der Waals surface area contributed by atoms with Crippen molar-refractivity contribution < 1.29 is 22.7 Å². The molecule has 0 atom stereocenters. The quantitative estimate of drug-likeness (QED) is 0.590. The molecule has 0 aliphatic heterocycles. The van der Waals surface area contributed by atoms with Crippen LogP contribution in [0.2, 0.25) is 0 Å². The van der Waals surface area contributed by atoms with E-state index < -0.39 is 17.7 Å². The molecule has 0 aromatic heterocycles. The van der Waals surface area contributed by atoms with Crippen LogP contribution < -0.4 is 0 Å². The normalized spacial score (nSPS) is 11.8. The van der Waals surface area contributed by atoms with Gasteiger partial charge in [0.15, 0.2) is 0 Å². The van der Waals surface area contributed by atoms with Gasteiger partial charge in [0.25, 0.3) is 0 Å². The highest BCUT2D eigenvalue weighted by atomic mass is 19.4. The third-order valence-corrected chi connectivity index (χ3v) is 2.18. The number of halogens is 3. The molecule has 92 valence electrons. The van der Waals surface area contributed by atoms with E-state index in [4.69, 9.17) is 0 Å². The van der Waals surface area contributed by atoms with E-state index in [9.17, 15) is 18.0 Å². The lowest BCUT2D eigenvalue weighted by Crippen LogP contribution is -2.07. The molecule has 0 radical (unpaired) electrons. The van der Waals surface area contributed by atoms with Crippen LogP contribution in [0.3, 0.4) is 0 Å². The van der Waals surface area contributed by atoms with Crippen LogP contribution in [0, 0.1) is 6.92 Å². The molecule has 0 aliphatic rings. The van der Waals surface area contributed by atoms with E-state index in [-0.39, 0.29) is 5.56 Å². The average Bonchev–Trinajstić information content (AvgIpc) is 2.26. The van der Waals surface area contributed by atoms with E-state index in [2.05, 4.69) is 4.74 Å². The number of hydrogen-bond donors (Lipinski definition) is 0. The van der Waals surface area contributed by atoms with E-state index in [1.54, 1.807) is 0 Å². The number of aryl methyl sites for hydroxylation is 1. The van der Waals surface area contributed by atoms with Crippen LogP contribution in [-0.4, -0.2) is 13.1 Å². The average molecular weight is 244 g/mol. The second-order valence-corrected chi connectivity index (χ2v) is 3.43. The predicted octanol–water partition coefficient (Wildman–Crippen LogP) is 3.20. The van der Waals surface area contributed by atoms with E-state index in [0.29, 0.717) is 5.56 Å². The van der Waals surface area contributed by atoms with Gasteiger partial charge in [-0.25, -0.2) is 4.79 Å². The Morgan fingerprint density at radius 2 is 2.00 bits per heavy atom. The lowest BCUT2D eigenvalue weighted by Gasteiger charge is -2.10. The van der Waals surface area contributed by atoms with Crippen molar-refractivity contribution in [3.63, 3.8) is 0 Å². The van der Waals surface area contributed by atoms with Gasteiger partial charge >= 0.3 is 12.1 Å². The second kappa shape index (κ2) is 5.03. The van der Waals surface area contributed by atoms with Gasteiger partial charge in [0, 0.05) is 6.08 Å². The number of esters is 1. The molecule has 0 heterocycles. The highest BCUT2D eigenvalue weighted by Crippen LogP contribution is 2.32. The van der Waals surface area contributed by atoms with Crippen molar-refractivity contribution in [1.82, 2.24) is 0 Å². The molecule has 0 spiro atoms. The van der Waals surface area contributed by atoms with E-state index in [1.807, 2.05) is 0 Å². The Bertz CT molecular complexity index is 448. The predicted molar refractivity (Wildman–Crippen MR) is 57.2 cm³/mol. The summed E-state index contributed by atoms with van der Waals surface area (Å²) in [5, 5.41) is 0. The molecule has 0 aliphatic carbocycles. The first-order valence-electron chi connectivity index (χ1n) is 4.78. The van der Waals surface area contributed by atoms with Crippen LogP contribution in [0.4, 0.5) is 13.2 Å². The fourth-order valence-corrected chi connectivity index (χ4v) is 1.28. The van der Waals surface area contributed by atoms with E-state index >= 15 is 0 Å². The molecule has 5 heteroatoms. The Hall–Kier alpha value is -1.78. The lowest BCUT2D eigenvalue weighted by atomic mass is 10.0. The second-order valence-electron chi connectivity index (χ2n) is 3.43. The number of carbonyl (C=O) groups excluding carboxylic acids is 1. The third kappa shape index (κ3) is 3.62. The molecule has 1 aromatic rings. The van der Waals surface area contributed by atoms with Crippen LogP contribution >= 0.6 is 0 Å². The maximum absolute atomic E-state index is 12.6. The van der Waals surface area contributed by atoms with Gasteiger partial charge in [-0.1, -0.05) is 12.1 Å². The van der Waals surface area contributed by atoms with Gasteiger partial charge < -0.3 is 4.74 Å². The molecular weight excluding hydrogens is 233 g/mol. The summed E-state index contributed by atoms with van der Waals surface area (Å²) in [6.45, 7) is 1.39. The number of hydrogen-bond acceptors (Lipinski definition) is 2. The Balaban J connectivity index is 3.05. The molecular formula is C12H11F3O2. The van der Waals surface area contributed by atoms with Crippen LogP contribution in [0.25, 0.3) is 6.08 Å². The van der Waals surface area contributed by atoms with Crippen LogP contribution in [0.1, 0.15) is 16.7 Å². The minimum atomic E-state index is -4.39. The van der Waals surface area contributed by atoms with Gasteiger partial charge in [0.2, 0.25) is 0 Å². The van der Waals surface area contributed by atoms with E-state index in [0.717, 1.165) is 12.1 Å². The third-order valence-electron chi connectivity index (χ3n) is 2.18. The SMILES string of the molecule is COC(=O)C=Cc1ccc(C)c(C(F)(F)F)c1. The maximum Gasteiger partial charge on any atom is 0.416 e. The summed E-state index contributed by atoms with van der Waals surface area (Å²) in [4.78, 5) is 10.8. The summed E-state index contributed by atoms with van der Waals surface area (Å²) < 4.78 is 42.1. The molecule has 0 N–H and O–H groups in total. The van der Waals surface area contributed by atoms with E-state index in [1.165, 1.54) is 32.2 Å². The zero-order valence-electron chi connectivity index (χ0n) is 9.34. The molecule has 0 bridgehead atoms. The number of benzene rings is 1. The number of methoxy groups -OCH3 is 1. The summed E-state index contributed by atoms with van der Waals surface area (Å²) in [6.07, 6.45) is -2.04. The minimum Gasteiger partial charge on any atom is -0.466 e. The maximum atomic E-state index is 12.6. The van der Waals surface area contributed by atoms with Gasteiger partial charge in [0.1, 0.15) is 0 Å². The zero-order valence-corrected chi connectivity index (χ0v) is 9.34. The van der Waals surface area contributed by atoms with Crippen molar-refractivity contribution in [2.24, 2.45) is 0 Å². The van der Waals surface area contributed by atoms with Crippen LogP contribution in [0.15, 0.2) is 24.3 Å². The summed E-state index contributed by atoms with van der Waals surface area (Å²) >= 11 is 0. The Kier molecular flexibility index (Phi) is 3.93. The monoisotopic (exact) mass is 244 g/mol. The van der Waals surface area contributed by atoms with Crippen LogP contribution in [0.5, 0.6) is 0 Å². The van der Waals surface area contributed by atoms with Crippen molar-refractivity contribution in [1.29, 1.82) is 0 Å². The van der Waals surface area contributed by atoms with Crippen molar-refractivity contribution in [3.05, 3.63) is 41.0 Å². The van der Waals surface area contributed by atoms with Crippen molar-refractivity contribution in [2.75, 3.05) is 7.11 Å². The van der Waals surface area contributed by atoms with Crippen molar-refractivity contribution in [2.45, 2.75) is 13.1 Å². The lowest BCUT2D eigenvalue weighted by molar-refractivity contribution is -0.138. The summed E-state index contributed by atoms with van der Waals surface area (Å²) in [7, 11) is 1.20. The topological polar surface area (TPSA) is 26.3 Å². The fraction of sp³-hybridized carbons (Fsp3) is 0.250. The largest absolute Gasteiger partial charge is 0.466 e. The molecule has 0 fully saturated rings. The molecule has 1 rings (SSSR count). The van der Waals surface area contributed by atoms with Crippen molar-refractivity contribution in [3.8, 4) is 0 Å². The van der Waals surface area contributed by atoms with Crippen LogP contribution in [-0.2, 0) is 15.7 Å². The molecule has 2 nitrogen and oxygen atoms in total. The summed E-state index contributed by atoms with van der Waals surface area (Å²) in [5.41, 5.74) is -0.259.